The van der Waals surface area contributed by atoms with Gasteiger partial charge in [0, 0.05) is 23.0 Å². The van der Waals surface area contributed by atoms with Crippen LogP contribution in [0.1, 0.15) is 12.5 Å². The molecule has 1 aromatic heterocycles. The van der Waals surface area contributed by atoms with Gasteiger partial charge in [0.15, 0.2) is 0 Å². The fourth-order valence-electron chi connectivity index (χ4n) is 1.43. The highest BCUT2D eigenvalue weighted by Crippen LogP contribution is 2.35. The van der Waals surface area contributed by atoms with Crippen LogP contribution < -0.4 is 5.32 Å². The number of halogens is 4. The molecule has 0 saturated carbocycles. The number of aromatic nitrogens is 1. The maximum atomic E-state index is 12.8. The Hall–Kier alpha value is -0.470. The second kappa shape index (κ2) is 6.32. The van der Waals surface area contributed by atoms with Gasteiger partial charge in [-0.1, -0.05) is 0 Å². The molecule has 108 valence electrons. The molecule has 19 heavy (non-hydrogen) atoms. The predicted molar refractivity (Wildman–Crippen MR) is 74.4 cm³/mol. The summed E-state index contributed by atoms with van der Waals surface area (Å²) in [5.41, 5.74) is -1.96. The monoisotopic (exact) mass is 358 g/mol. The molecule has 0 radical (unpaired) electrons. The summed E-state index contributed by atoms with van der Waals surface area (Å²) < 4.78 is 38.7. The average Bonchev–Trinajstić information content (AvgIpc) is 2.26. The number of aliphatic hydroxyl groups is 1. The molecule has 2 N–H and O–H groups in total. The minimum Gasteiger partial charge on any atom is -0.387 e. The first-order chi connectivity index (χ1) is 8.65. The molecule has 8 heteroatoms. The van der Waals surface area contributed by atoms with Crippen molar-refractivity contribution in [3.05, 3.63) is 22.3 Å². The van der Waals surface area contributed by atoms with E-state index >= 15 is 0 Å². The van der Waals surface area contributed by atoms with Gasteiger partial charge in [-0.2, -0.15) is 24.9 Å². The van der Waals surface area contributed by atoms with Gasteiger partial charge in [-0.15, -0.1) is 0 Å². The lowest BCUT2D eigenvalue weighted by Crippen LogP contribution is -2.36. The van der Waals surface area contributed by atoms with E-state index in [1.807, 2.05) is 6.26 Å². The van der Waals surface area contributed by atoms with E-state index < -0.39 is 17.3 Å². The van der Waals surface area contributed by atoms with Gasteiger partial charge in [-0.05, 0) is 35.2 Å². The minimum atomic E-state index is -4.50. The summed E-state index contributed by atoms with van der Waals surface area (Å²) in [5.74, 6) is 0.134. The lowest BCUT2D eigenvalue weighted by molar-refractivity contribution is -0.137. The molecule has 0 spiro atoms. The molecule has 1 atom stereocenters. The number of hydrogen-bond acceptors (Lipinski definition) is 4. The Bertz CT molecular complexity index is 440. The summed E-state index contributed by atoms with van der Waals surface area (Å²) in [6.07, 6.45) is -1.40. The number of nitrogens with zero attached hydrogens (tertiary/aromatic N) is 1. The van der Waals surface area contributed by atoms with E-state index in [1.165, 1.54) is 18.0 Å². The van der Waals surface area contributed by atoms with E-state index in [-0.39, 0.29) is 16.8 Å². The number of hydrogen-bond donors (Lipinski definition) is 2. The van der Waals surface area contributed by atoms with Gasteiger partial charge in [-0.3, -0.25) is 0 Å². The Morgan fingerprint density at radius 2 is 2.11 bits per heavy atom. The van der Waals surface area contributed by atoms with Gasteiger partial charge in [0.2, 0.25) is 0 Å². The molecule has 0 aliphatic rings. The zero-order valence-electron chi connectivity index (χ0n) is 10.4. The van der Waals surface area contributed by atoms with Crippen LogP contribution in [0.15, 0.2) is 16.7 Å². The first kappa shape index (κ1) is 16.6. The van der Waals surface area contributed by atoms with E-state index in [0.29, 0.717) is 5.75 Å². The van der Waals surface area contributed by atoms with E-state index in [4.69, 9.17) is 0 Å². The normalized spacial score (nSPS) is 15.1. The van der Waals surface area contributed by atoms with E-state index in [2.05, 4.69) is 26.2 Å². The molecular weight excluding hydrogens is 345 g/mol. The minimum absolute atomic E-state index is 0.00838. The summed E-state index contributed by atoms with van der Waals surface area (Å²) in [4.78, 5) is 3.71. The first-order valence-corrected chi connectivity index (χ1v) is 7.52. The maximum absolute atomic E-state index is 12.8. The van der Waals surface area contributed by atoms with Gasteiger partial charge < -0.3 is 10.4 Å². The molecule has 1 heterocycles. The van der Waals surface area contributed by atoms with Crippen molar-refractivity contribution >= 4 is 33.5 Å². The Balaban J connectivity index is 2.90. The zero-order valence-corrected chi connectivity index (χ0v) is 12.8. The summed E-state index contributed by atoms with van der Waals surface area (Å²) in [7, 11) is 0. The van der Waals surface area contributed by atoms with E-state index in [0.717, 1.165) is 6.07 Å². The largest absolute Gasteiger partial charge is 0.419 e. The molecule has 0 aliphatic carbocycles. The van der Waals surface area contributed by atoms with Crippen molar-refractivity contribution in [3.8, 4) is 0 Å². The number of anilines is 1. The van der Waals surface area contributed by atoms with Crippen molar-refractivity contribution in [3.63, 3.8) is 0 Å². The summed E-state index contributed by atoms with van der Waals surface area (Å²) in [6.45, 7) is 1.55. The highest BCUT2D eigenvalue weighted by atomic mass is 79.9. The Morgan fingerprint density at radius 3 is 2.63 bits per heavy atom. The second-order valence-electron chi connectivity index (χ2n) is 4.33. The second-order valence-corrected chi connectivity index (χ2v) is 6.11. The van der Waals surface area contributed by atoms with Crippen molar-refractivity contribution < 1.29 is 18.3 Å². The molecule has 1 aromatic rings. The van der Waals surface area contributed by atoms with Gasteiger partial charge in [0.05, 0.1) is 11.2 Å². The van der Waals surface area contributed by atoms with Crippen molar-refractivity contribution in [2.24, 2.45) is 0 Å². The molecule has 0 amide bonds. The van der Waals surface area contributed by atoms with E-state index in [9.17, 15) is 18.3 Å². The molecule has 0 aromatic carbocycles. The molecule has 0 aliphatic heterocycles. The van der Waals surface area contributed by atoms with Crippen LogP contribution in [0.2, 0.25) is 0 Å². The Labute approximate surface area is 122 Å². The summed E-state index contributed by atoms with van der Waals surface area (Å²) >= 11 is 4.38. The van der Waals surface area contributed by atoms with Crippen LogP contribution in [0.5, 0.6) is 0 Å². The van der Waals surface area contributed by atoms with Crippen LogP contribution in [0.4, 0.5) is 19.0 Å². The summed E-state index contributed by atoms with van der Waals surface area (Å²) in [5, 5.41) is 12.5. The van der Waals surface area contributed by atoms with Crippen LogP contribution in [0.25, 0.3) is 0 Å². The number of thioether (sulfide) groups is 1. The topological polar surface area (TPSA) is 45.1 Å². The molecule has 0 bridgehead atoms. The first-order valence-electron chi connectivity index (χ1n) is 5.33. The molecule has 3 nitrogen and oxygen atoms in total. The molecular formula is C11H14BrF3N2OS. The molecule has 1 unspecified atom stereocenters. The number of pyridine rings is 1. The SMILES string of the molecule is CSCC(C)(O)CNc1ncc(Br)cc1C(F)(F)F. The lowest BCUT2D eigenvalue weighted by atomic mass is 10.1. The predicted octanol–water partition coefficient (Wildman–Crippen LogP) is 3.39. The maximum Gasteiger partial charge on any atom is 0.419 e. The van der Waals surface area contributed by atoms with Crippen molar-refractivity contribution in [2.75, 3.05) is 23.9 Å². The Morgan fingerprint density at radius 1 is 1.47 bits per heavy atom. The van der Waals surface area contributed by atoms with E-state index in [1.54, 1.807) is 6.92 Å². The third-order valence-electron chi connectivity index (χ3n) is 2.25. The standard InChI is InChI=1S/C11H14BrF3N2OS/c1-10(18,6-19-2)5-17-9-8(11(13,14)15)3-7(12)4-16-9/h3-4,18H,5-6H2,1-2H3,(H,16,17). The van der Waals surface area contributed by atoms with Gasteiger partial charge >= 0.3 is 6.18 Å². The zero-order chi connectivity index (χ0) is 14.7. The van der Waals surface area contributed by atoms with Crippen LogP contribution >= 0.6 is 27.7 Å². The molecule has 0 saturated heterocycles. The van der Waals surface area contributed by atoms with Crippen molar-refractivity contribution in [1.82, 2.24) is 4.98 Å². The quantitative estimate of drug-likeness (QED) is 0.846. The van der Waals surface area contributed by atoms with Gasteiger partial charge in [-0.25, -0.2) is 4.98 Å². The number of rotatable bonds is 5. The van der Waals surface area contributed by atoms with Gasteiger partial charge in [0.1, 0.15) is 5.82 Å². The number of nitrogens with one attached hydrogen (secondary N) is 1. The lowest BCUT2D eigenvalue weighted by Gasteiger charge is -2.24. The van der Waals surface area contributed by atoms with Crippen LogP contribution in [-0.2, 0) is 6.18 Å². The average molecular weight is 359 g/mol. The van der Waals surface area contributed by atoms with Crippen LogP contribution in [-0.4, -0.2) is 34.2 Å². The Kier molecular flexibility index (Phi) is 5.52. The van der Waals surface area contributed by atoms with Gasteiger partial charge in [0.25, 0.3) is 0 Å². The van der Waals surface area contributed by atoms with Crippen LogP contribution in [0.3, 0.4) is 0 Å². The third-order valence-corrected chi connectivity index (χ3v) is 3.60. The van der Waals surface area contributed by atoms with Crippen molar-refractivity contribution in [2.45, 2.75) is 18.7 Å². The number of alkyl halides is 3. The molecule has 1 rings (SSSR count). The van der Waals surface area contributed by atoms with Crippen LogP contribution in [0, 0.1) is 0 Å². The highest BCUT2D eigenvalue weighted by Gasteiger charge is 2.35. The fraction of sp³-hybridized carbons (Fsp3) is 0.545. The fourth-order valence-corrected chi connectivity index (χ4v) is 2.49. The third kappa shape index (κ3) is 5.19. The summed E-state index contributed by atoms with van der Waals surface area (Å²) in [6, 6.07) is 0.957. The smallest absolute Gasteiger partial charge is 0.387 e. The van der Waals surface area contributed by atoms with Crippen molar-refractivity contribution in [1.29, 1.82) is 0 Å². The highest BCUT2D eigenvalue weighted by molar-refractivity contribution is 9.10. The molecule has 0 fully saturated rings.